The molecule has 1 fully saturated rings. The standard InChI is InChI=1S/C16H19N3O2/c1-10-11(2)19(9-17-10)14-5-3-13(4-6-14)18-16(21)12-7-15(20)8-12/h3-6,9,12,15,20H,7-8H2,1-2H3,(H,18,21). The van der Waals surface area contributed by atoms with Crippen LogP contribution in [0, 0.1) is 19.8 Å². The molecule has 1 amide bonds. The molecule has 1 saturated carbocycles. The zero-order chi connectivity index (χ0) is 15.0. The number of amides is 1. The van der Waals surface area contributed by atoms with E-state index in [2.05, 4.69) is 10.3 Å². The van der Waals surface area contributed by atoms with Crippen LogP contribution in [-0.2, 0) is 4.79 Å². The Hall–Kier alpha value is -2.14. The molecular formula is C16H19N3O2. The highest BCUT2D eigenvalue weighted by Gasteiger charge is 2.32. The van der Waals surface area contributed by atoms with E-state index in [0.29, 0.717) is 12.8 Å². The molecule has 2 N–H and O–H groups in total. The lowest BCUT2D eigenvalue weighted by Gasteiger charge is -2.29. The van der Waals surface area contributed by atoms with Crippen molar-refractivity contribution in [2.24, 2.45) is 5.92 Å². The Morgan fingerprint density at radius 1 is 1.29 bits per heavy atom. The van der Waals surface area contributed by atoms with Gasteiger partial charge in [0.05, 0.1) is 18.1 Å². The molecule has 110 valence electrons. The summed E-state index contributed by atoms with van der Waals surface area (Å²) in [6.07, 6.45) is 2.62. The van der Waals surface area contributed by atoms with E-state index in [0.717, 1.165) is 22.8 Å². The zero-order valence-corrected chi connectivity index (χ0v) is 12.2. The number of benzene rings is 1. The summed E-state index contributed by atoms with van der Waals surface area (Å²) >= 11 is 0. The van der Waals surface area contributed by atoms with E-state index in [1.807, 2.05) is 42.7 Å². The third-order valence-electron chi connectivity index (χ3n) is 4.15. The Balaban J connectivity index is 1.69. The molecule has 0 aliphatic heterocycles. The molecule has 5 heteroatoms. The van der Waals surface area contributed by atoms with Crippen molar-refractivity contribution in [3.8, 4) is 5.69 Å². The molecule has 0 bridgehead atoms. The normalized spacial score (nSPS) is 20.9. The van der Waals surface area contributed by atoms with E-state index in [9.17, 15) is 9.90 Å². The highest BCUT2D eigenvalue weighted by Crippen LogP contribution is 2.28. The number of aromatic nitrogens is 2. The van der Waals surface area contributed by atoms with Crippen molar-refractivity contribution >= 4 is 11.6 Å². The number of carbonyl (C=O) groups is 1. The lowest BCUT2D eigenvalue weighted by atomic mass is 9.82. The number of carbonyl (C=O) groups excluding carboxylic acids is 1. The second kappa shape index (κ2) is 5.33. The Morgan fingerprint density at radius 2 is 1.95 bits per heavy atom. The van der Waals surface area contributed by atoms with Crippen LogP contribution in [0.1, 0.15) is 24.2 Å². The number of imidazole rings is 1. The van der Waals surface area contributed by atoms with Crippen LogP contribution in [0.3, 0.4) is 0 Å². The highest BCUT2D eigenvalue weighted by atomic mass is 16.3. The van der Waals surface area contributed by atoms with Crippen molar-refractivity contribution in [1.82, 2.24) is 9.55 Å². The molecule has 1 heterocycles. The van der Waals surface area contributed by atoms with Crippen molar-refractivity contribution < 1.29 is 9.90 Å². The molecule has 1 aromatic heterocycles. The quantitative estimate of drug-likeness (QED) is 0.908. The van der Waals surface area contributed by atoms with Crippen LogP contribution in [-0.4, -0.2) is 26.7 Å². The Kier molecular flexibility index (Phi) is 3.51. The Labute approximate surface area is 123 Å². The number of aliphatic hydroxyl groups excluding tert-OH is 1. The topological polar surface area (TPSA) is 67.2 Å². The summed E-state index contributed by atoms with van der Waals surface area (Å²) in [5.74, 6) is -0.0686. The van der Waals surface area contributed by atoms with Crippen LogP contribution in [0.5, 0.6) is 0 Å². The third-order valence-corrected chi connectivity index (χ3v) is 4.15. The second-order valence-electron chi connectivity index (χ2n) is 5.64. The van der Waals surface area contributed by atoms with Crippen LogP contribution in [0.4, 0.5) is 5.69 Å². The van der Waals surface area contributed by atoms with Crippen LogP contribution in [0.2, 0.25) is 0 Å². The van der Waals surface area contributed by atoms with E-state index in [1.165, 1.54) is 0 Å². The van der Waals surface area contributed by atoms with Crippen LogP contribution < -0.4 is 5.32 Å². The minimum absolute atomic E-state index is 0.0114. The van der Waals surface area contributed by atoms with Gasteiger partial charge in [-0.2, -0.15) is 0 Å². The van der Waals surface area contributed by atoms with E-state index in [1.54, 1.807) is 6.33 Å². The molecule has 1 aromatic carbocycles. The van der Waals surface area contributed by atoms with Gasteiger partial charge in [0.15, 0.2) is 0 Å². The molecule has 0 radical (unpaired) electrons. The van der Waals surface area contributed by atoms with Gasteiger partial charge in [-0.05, 0) is 51.0 Å². The number of nitrogens with zero attached hydrogens (tertiary/aromatic N) is 2. The number of hydrogen-bond donors (Lipinski definition) is 2. The van der Waals surface area contributed by atoms with Gasteiger partial charge in [-0.25, -0.2) is 4.98 Å². The van der Waals surface area contributed by atoms with E-state index >= 15 is 0 Å². The predicted molar refractivity (Wildman–Crippen MR) is 80.4 cm³/mol. The van der Waals surface area contributed by atoms with Gasteiger partial charge in [-0.1, -0.05) is 0 Å². The lowest BCUT2D eigenvalue weighted by molar-refractivity contribution is -0.126. The molecule has 21 heavy (non-hydrogen) atoms. The minimum atomic E-state index is -0.310. The number of aliphatic hydroxyl groups is 1. The van der Waals surface area contributed by atoms with Gasteiger partial charge in [0.1, 0.15) is 0 Å². The van der Waals surface area contributed by atoms with Gasteiger partial charge in [0.25, 0.3) is 0 Å². The number of rotatable bonds is 3. The molecule has 0 spiro atoms. The zero-order valence-electron chi connectivity index (χ0n) is 12.2. The van der Waals surface area contributed by atoms with Gasteiger partial charge in [-0.15, -0.1) is 0 Å². The monoisotopic (exact) mass is 285 g/mol. The summed E-state index contributed by atoms with van der Waals surface area (Å²) in [5, 5.41) is 12.1. The number of hydrogen-bond acceptors (Lipinski definition) is 3. The fourth-order valence-electron chi connectivity index (χ4n) is 2.51. The first-order chi connectivity index (χ1) is 10.0. The molecule has 1 aliphatic rings. The van der Waals surface area contributed by atoms with E-state index in [-0.39, 0.29) is 17.9 Å². The average molecular weight is 285 g/mol. The fraction of sp³-hybridized carbons (Fsp3) is 0.375. The van der Waals surface area contributed by atoms with Crippen LogP contribution >= 0.6 is 0 Å². The fourth-order valence-corrected chi connectivity index (χ4v) is 2.51. The van der Waals surface area contributed by atoms with Crippen molar-refractivity contribution in [2.75, 3.05) is 5.32 Å². The van der Waals surface area contributed by atoms with Crippen molar-refractivity contribution in [1.29, 1.82) is 0 Å². The molecule has 0 saturated heterocycles. The van der Waals surface area contributed by atoms with Gasteiger partial charge >= 0.3 is 0 Å². The molecule has 2 aromatic rings. The third kappa shape index (κ3) is 2.69. The van der Waals surface area contributed by atoms with Crippen molar-refractivity contribution in [3.05, 3.63) is 42.0 Å². The maximum Gasteiger partial charge on any atom is 0.227 e. The van der Waals surface area contributed by atoms with Gasteiger partial charge < -0.3 is 15.0 Å². The maximum absolute atomic E-state index is 11.9. The average Bonchev–Trinajstić information content (AvgIpc) is 2.76. The highest BCUT2D eigenvalue weighted by molar-refractivity contribution is 5.93. The second-order valence-corrected chi connectivity index (χ2v) is 5.64. The first-order valence-electron chi connectivity index (χ1n) is 7.14. The molecule has 5 nitrogen and oxygen atoms in total. The van der Waals surface area contributed by atoms with Gasteiger partial charge in [-0.3, -0.25) is 4.79 Å². The first-order valence-corrected chi connectivity index (χ1v) is 7.14. The SMILES string of the molecule is Cc1ncn(-c2ccc(NC(=O)C3CC(O)C3)cc2)c1C. The Morgan fingerprint density at radius 3 is 2.48 bits per heavy atom. The number of aryl methyl sites for hydroxylation is 1. The first kappa shape index (κ1) is 13.8. The van der Waals surface area contributed by atoms with Crippen molar-refractivity contribution in [3.63, 3.8) is 0 Å². The van der Waals surface area contributed by atoms with Gasteiger partial charge in [0, 0.05) is 23.0 Å². The minimum Gasteiger partial charge on any atom is -0.393 e. The van der Waals surface area contributed by atoms with Crippen LogP contribution in [0.25, 0.3) is 5.69 Å². The predicted octanol–water partition coefficient (Wildman–Crippen LogP) is 2.20. The largest absolute Gasteiger partial charge is 0.393 e. The summed E-state index contributed by atoms with van der Waals surface area (Å²) in [4.78, 5) is 16.2. The summed E-state index contributed by atoms with van der Waals surface area (Å²) in [5.41, 5.74) is 3.91. The lowest BCUT2D eigenvalue weighted by Crippen LogP contribution is -2.37. The summed E-state index contributed by atoms with van der Waals surface area (Å²) < 4.78 is 2.02. The van der Waals surface area contributed by atoms with E-state index in [4.69, 9.17) is 0 Å². The smallest absolute Gasteiger partial charge is 0.227 e. The van der Waals surface area contributed by atoms with E-state index < -0.39 is 0 Å². The Bertz CT molecular complexity index is 655. The maximum atomic E-state index is 11.9. The van der Waals surface area contributed by atoms with Crippen molar-refractivity contribution in [2.45, 2.75) is 32.8 Å². The number of nitrogens with one attached hydrogen (secondary N) is 1. The van der Waals surface area contributed by atoms with Gasteiger partial charge in [0.2, 0.25) is 5.91 Å². The molecule has 0 atom stereocenters. The summed E-state index contributed by atoms with van der Waals surface area (Å²) in [6.45, 7) is 4.01. The molecule has 1 aliphatic carbocycles. The summed E-state index contributed by atoms with van der Waals surface area (Å²) in [6, 6.07) is 7.69. The molecule has 3 rings (SSSR count). The molecule has 0 unspecified atom stereocenters. The summed E-state index contributed by atoms with van der Waals surface area (Å²) in [7, 11) is 0. The number of anilines is 1. The van der Waals surface area contributed by atoms with Crippen LogP contribution in [0.15, 0.2) is 30.6 Å². The molecular weight excluding hydrogens is 266 g/mol.